The highest BCUT2D eigenvalue weighted by Gasteiger charge is 2.13. The monoisotopic (exact) mass is 306 g/mol. The van der Waals surface area contributed by atoms with Crippen molar-refractivity contribution >= 4 is 0 Å². The summed E-state index contributed by atoms with van der Waals surface area (Å²) in [4.78, 5) is 8.18. The molecule has 3 rings (SSSR count). The quantitative estimate of drug-likeness (QED) is 0.746. The lowest BCUT2D eigenvalue weighted by molar-refractivity contribution is 0.456. The normalized spacial score (nSPS) is 13.7. The van der Waals surface area contributed by atoms with Gasteiger partial charge in [-0.15, -0.1) is 0 Å². The summed E-state index contributed by atoms with van der Waals surface area (Å²) >= 11 is 0. The molecule has 2 aromatic heterocycles. The van der Waals surface area contributed by atoms with Crippen LogP contribution >= 0.6 is 0 Å². The standard InChI is InChI=1S/C19H22N4/c1-3-19(17-8-10-20-11-9-17)22-15(2)16-4-6-18(7-5-16)23-13-12-21-14-23/h4-15,19,22H,3H2,1-2H3/t15-,19-/m1/s1. The van der Waals surface area contributed by atoms with Crippen molar-refractivity contribution in [3.05, 3.63) is 78.6 Å². The molecule has 0 saturated heterocycles. The summed E-state index contributed by atoms with van der Waals surface area (Å²) in [6.45, 7) is 4.41. The Morgan fingerprint density at radius 2 is 1.70 bits per heavy atom. The van der Waals surface area contributed by atoms with Crippen molar-refractivity contribution in [2.24, 2.45) is 0 Å². The maximum atomic E-state index is 4.10. The molecule has 0 aliphatic heterocycles. The second-order valence-corrected chi connectivity index (χ2v) is 5.69. The van der Waals surface area contributed by atoms with Crippen molar-refractivity contribution < 1.29 is 0 Å². The van der Waals surface area contributed by atoms with Crippen LogP contribution in [0.2, 0.25) is 0 Å². The van der Waals surface area contributed by atoms with E-state index >= 15 is 0 Å². The van der Waals surface area contributed by atoms with Gasteiger partial charge < -0.3 is 9.88 Å². The van der Waals surface area contributed by atoms with E-state index < -0.39 is 0 Å². The van der Waals surface area contributed by atoms with Gasteiger partial charge in [0.2, 0.25) is 0 Å². The maximum Gasteiger partial charge on any atom is 0.0991 e. The van der Waals surface area contributed by atoms with Crippen LogP contribution in [0.5, 0.6) is 0 Å². The minimum atomic E-state index is 0.282. The first kappa shape index (κ1) is 15.4. The Kier molecular flexibility index (Phi) is 4.83. The number of hydrogen-bond acceptors (Lipinski definition) is 3. The summed E-state index contributed by atoms with van der Waals surface area (Å²) in [5.74, 6) is 0. The smallest absolute Gasteiger partial charge is 0.0991 e. The van der Waals surface area contributed by atoms with E-state index in [0.717, 1.165) is 12.1 Å². The number of nitrogens with one attached hydrogen (secondary N) is 1. The molecule has 4 heteroatoms. The third-order valence-corrected chi connectivity index (χ3v) is 4.16. The van der Waals surface area contributed by atoms with Crippen LogP contribution in [-0.4, -0.2) is 14.5 Å². The molecule has 0 amide bonds. The fourth-order valence-corrected chi connectivity index (χ4v) is 2.79. The first-order chi connectivity index (χ1) is 11.3. The van der Waals surface area contributed by atoms with E-state index in [2.05, 4.69) is 65.5 Å². The lowest BCUT2D eigenvalue weighted by Gasteiger charge is -2.23. The molecule has 1 N–H and O–H groups in total. The molecule has 2 heterocycles. The SMILES string of the molecule is CC[C@@H](N[C@H](C)c1ccc(-n2ccnc2)cc1)c1ccncc1. The number of pyridine rings is 1. The molecule has 23 heavy (non-hydrogen) atoms. The average molecular weight is 306 g/mol. The predicted molar refractivity (Wildman–Crippen MR) is 92.4 cm³/mol. The van der Waals surface area contributed by atoms with Gasteiger partial charge in [0, 0.05) is 42.6 Å². The Hall–Kier alpha value is -2.46. The molecule has 118 valence electrons. The first-order valence-electron chi connectivity index (χ1n) is 8.02. The Morgan fingerprint density at radius 3 is 2.30 bits per heavy atom. The lowest BCUT2D eigenvalue weighted by Crippen LogP contribution is -2.24. The zero-order valence-electron chi connectivity index (χ0n) is 13.6. The van der Waals surface area contributed by atoms with Gasteiger partial charge in [-0.05, 0) is 48.7 Å². The van der Waals surface area contributed by atoms with Crippen molar-refractivity contribution in [1.82, 2.24) is 19.9 Å². The van der Waals surface area contributed by atoms with Crippen molar-refractivity contribution in [3.63, 3.8) is 0 Å². The van der Waals surface area contributed by atoms with Crippen molar-refractivity contribution in [1.29, 1.82) is 0 Å². The minimum Gasteiger partial charge on any atom is -0.306 e. The molecule has 0 radical (unpaired) electrons. The molecule has 0 unspecified atom stereocenters. The van der Waals surface area contributed by atoms with E-state index in [9.17, 15) is 0 Å². The molecular weight excluding hydrogens is 284 g/mol. The lowest BCUT2D eigenvalue weighted by atomic mass is 10.0. The first-order valence-corrected chi connectivity index (χ1v) is 8.02. The van der Waals surface area contributed by atoms with Gasteiger partial charge in [0.05, 0.1) is 6.33 Å². The summed E-state index contributed by atoms with van der Waals surface area (Å²) in [5, 5.41) is 3.71. The minimum absolute atomic E-state index is 0.282. The van der Waals surface area contributed by atoms with Crippen LogP contribution in [0.25, 0.3) is 5.69 Å². The van der Waals surface area contributed by atoms with E-state index in [-0.39, 0.29) is 6.04 Å². The predicted octanol–water partition coefficient (Wildman–Crippen LogP) is 4.07. The fourth-order valence-electron chi connectivity index (χ4n) is 2.79. The van der Waals surface area contributed by atoms with Crippen LogP contribution in [0.1, 0.15) is 43.5 Å². The molecule has 0 fully saturated rings. The number of imidazole rings is 1. The van der Waals surface area contributed by atoms with Gasteiger partial charge >= 0.3 is 0 Å². The number of aromatic nitrogens is 3. The summed E-state index contributed by atoms with van der Waals surface area (Å²) < 4.78 is 2.01. The fraction of sp³-hybridized carbons (Fsp3) is 0.263. The van der Waals surface area contributed by atoms with E-state index in [1.165, 1.54) is 11.1 Å². The van der Waals surface area contributed by atoms with Crippen molar-refractivity contribution in [2.45, 2.75) is 32.4 Å². The number of hydrogen-bond donors (Lipinski definition) is 1. The summed E-state index contributed by atoms with van der Waals surface area (Å²) in [5.41, 5.74) is 3.69. The van der Waals surface area contributed by atoms with E-state index in [0.29, 0.717) is 6.04 Å². The molecule has 0 aliphatic rings. The summed E-state index contributed by atoms with van der Waals surface area (Å²) in [6, 6.07) is 13.4. The third kappa shape index (κ3) is 3.66. The van der Waals surface area contributed by atoms with Gasteiger partial charge in [0.15, 0.2) is 0 Å². The second kappa shape index (κ2) is 7.20. The molecule has 0 saturated carbocycles. The third-order valence-electron chi connectivity index (χ3n) is 4.16. The van der Waals surface area contributed by atoms with Crippen molar-refractivity contribution in [2.75, 3.05) is 0 Å². The van der Waals surface area contributed by atoms with Crippen LogP contribution in [-0.2, 0) is 0 Å². The molecule has 2 atom stereocenters. The largest absolute Gasteiger partial charge is 0.306 e. The van der Waals surface area contributed by atoms with Crippen LogP contribution in [0, 0.1) is 0 Å². The Bertz CT molecular complexity index is 705. The van der Waals surface area contributed by atoms with Gasteiger partial charge in [-0.1, -0.05) is 19.1 Å². The van der Waals surface area contributed by atoms with E-state index in [1.54, 1.807) is 6.20 Å². The molecule has 0 spiro atoms. The highest BCUT2D eigenvalue weighted by molar-refractivity contribution is 5.35. The molecule has 0 bridgehead atoms. The molecule has 3 aromatic rings. The van der Waals surface area contributed by atoms with Gasteiger partial charge in [0.1, 0.15) is 0 Å². The maximum absolute atomic E-state index is 4.10. The van der Waals surface area contributed by atoms with Crippen LogP contribution < -0.4 is 5.32 Å². The average Bonchev–Trinajstić information content (AvgIpc) is 3.15. The second-order valence-electron chi connectivity index (χ2n) is 5.69. The van der Waals surface area contributed by atoms with Crippen molar-refractivity contribution in [3.8, 4) is 5.69 Å². The zero-order valence-corrected chi connectivity index (χ0v) is 13.6. The Morgan fingerprint density at radius 1 is 0.957 bits per heavy atom. The summed E-state index contributed by atoms with van der Waals surface area (Å²) in [6.07, 6.45) is 10.3. The van der Waals surface area contributed by atoms with Gasteiger partial charge in [-0.25, -0.2) is 4.98 Å². The highest BCUT2D eigenvalue weighted by Crippen LogP contribution is 2.22. The molecule has 4 nitrogen and oxygen atoms in total. The summed E-state index contributed by atoms with van der Waals surface area (Å²) in [7, 11) is 0. The van der Waals surface area contributed by atoms with Gasteiger partial charge in [0.25, 0.3) is 0 Å². The van der Waals surface area contributed by atoms with Crippen LogP contribution in [0.4, 0.5) is 0 Å². The van der Waals surface area contributed by atoms with Gasteiger partial charge in [-0.2, -0.15) is 0 Å². The topological polar surface area (TPSA) is 42.7 Å². The van der Waals surface area contributed by atoms with Crippen LogP contribution in [0.15, 0.2) is 67.5 Å². The molecular formula is C19H22N4. The zero-order chi connectivity index (χ0) is 16.1. The molecule has 0 aliphatic carbocycles. The number of nitrogens with zero attached hydrogens (tertiary/aromatic N) is 3. The Labute approximate surface area is 137 Å². The molecule has 1 aromatic carbocycles. The van der Waals surface area contributed by atoms with E-state index in [4.69, 9.17) is 0 Å². The highest BCUT2D eigenvalue weighted by atomic mass is 15.0. The number of rotatable bonds is 6. The Balaban J connectivity index is 1.71. The van der Waals surface area contributed by atoms with Crippen LogP contribution in [0.3, 0.4) is 0 Å². The van der Waals surface area contributed by atoms with Gasteiger partial charge in [-0.3, -0.25) is 4.98 Å². The van der Waals surface area contributed by atoms with E-state index in [1.807, 2.05) is 29.5 Å². The number of benzene rings is 1.